The zero-order valence-electron chi connectivity index (χ0n) is 8.40. The third-order valence-corrected chi connectivity index (χ3v) is 0. The Labute approximate surface area is 245 Å². The van der Waals surface area contributed by atoms with Crippen molar-refractivity contribution in [2.75, 3.05) is 0 Å². The van der Waals surface area contributed by atoms with E-state index in [0.29, 0.717) is 0 Å². The summed E-state index contributed by atoms with van der Waals surface area (Å²) in [5.74, 6) is 0. The van der Waals surface area contributed by atoms with Gasteiger partial charge in [-0.05, 0) is 0 Å². The van der Waals surface area contributed by atoms with E-state index in [0.717, 1.165) is 0 Å². The molecular weight excluding hydrogens is 837 g/mol. The molecule has 0 aromatic carbocycles. The Morgan fingerprint density at radius 1 is 0.263 bits per heavy atom. The molecule has 100 valence electrons. The molecule has 19 heteroatoms. The average Bonchev–Trinajstić information content (AvgIpc) is 1.41. The minimum Gasteiger partial charge on any atom is -0.894 e. The SMILES string of the molecule is [Ce+3].[Ce+3].[Ce+3].[Ce+3].[O-][Si]([O-])([O-])[O-].[O-][Si]([O-])([O-])[O-].[O-][Si]([O-])([O-])[O-]. The number of hydrogen-bond donors (Lipinski definition) is 0. The molecule has 0 aromatic rings. The molecule has 0 fully saturated rings. The first-order valence-electron chi connectivity index (χ1n) is 2.45. The van der Waals surface area contributed by atoms with Crippen LogP contribution in [0.4, 0.5) is 0 Å². The van der Waals surface area contributed by atoms with Gasteiger partial charge >= 0.3 is 167 Å². The zero-order chi connectivity index (χ0) is 13.5. The summed E-state index contributed by atoms with van der Waals surface area (Å²) in [6, 6.07) is 0. The third kappa shape index (κ3) is 345. The summed E-state index contributed by atoms with van der Waals surface area (Å²) < 4.78 is 0. The van der Waals surface area contributed by atoms with E-state index in [1.54, 1.807) is 0 Å². The first-order chi connectivity index (χ1) is 6.00. The summed E-state index contributed by atoms with van der Waals surface area (Å²) in [4.78, 5) is 103. The van der Waals surface area contributed by atoms with Gasteiger partial charge in [0.2, 0.25) is 0 Å². The second kappa shape index (κ2) is 21.7. The Kier molecular flexibility index (Phi) is 50.6. The van der Waals surface area contributed by atoms with Gasteiger partial charge in [0.1, 0.15) is 0 Å². The minimum absolute atomic E-state index is 0. The Hall–Kier alpha value is 5.68. The summed E-state index contributed by atoms with van der Waals surface area (Å²) in [5.41, 5.74) is 0. The van der Waals surface area contributed by atoms with Crippen LogP contribution in [0.2, 0.25) is 0 Å². The van der Waals surface area contributed by atoms with Crippen molar-refractivity contribution in [3.05, 3.63) is 0 Å². The van der Waals surface area contributed by atoms with Crippen LogP contribution in [-0.4, -0.2) is 27.1 Å². The molecule has 0 aliphatic heterocycles. The molecule has 0 bridgehead atoms. The topological polar surface area (TPSA) is 277 Å². The molecule has 0 N–H and O–H groups in total. The molecule has 0 spiro atoms. The maximum absolute atomic E-state index is 8.58. The summed E-state index contributed by atoms with van der Waals surface area (Å²) in [7, 11) is -16.8. The molecule has 0 heterocycles. The smallest absolute Gasteiger partial charge is 0.894 e. The Morgan fingerprint density at radius 3 is 0.263 bits per heavy atom. The van der Waals surface area contributed by atoms with Crippen molar-refractivity contribution in [3.8, 4) is 0 Å². The maximum atomic E-state index is 8.58. The predicted molar refractivity (Wildman–Crippen MR) is 17.3 cm³/mol. The molecule has 0 amide bonds. The minimum atomic E-state index is -5.61. The fourth-order valence-electron chi connectivity index (χ4n) is 0. The van der Waals surface area contributed by atoms with Gasteiger partial charge in [-0.2, -0.15) is 0 Å². The largest absolute Gasteiger partial charge is 3.00 e. The Balaban J connectivity index is -0.0000000206. The van der Waals surface area contributed by atoms with Crippen molar-refractivity contribution < 1.29 is 225 Å². The summed E-state index contributed by atoms with van der Waals surface area (Å²) in [6.45, 7) is 0. The zero-order valence-corrected chi connectivity index (χ0v) is 24.0. The average molecular weight is 837 g/mol. The van der Waals surface area contributed by atoms with E-state index >= 15 is 0 Å². The monoisotopic (exact) mass is 835 g/mol. The van der Waals surface area contributed by atoms with Gasteiger partial charge in [0.15, 0.2) is 0 Å². The molecule has 0 rings (SSSR count). The van der Waals surface area contributed by atoms with Gasteiger partial charge in [0.05, 0.1) is 0 Å². The van der Waals surface area contributed by atoms with Crippen molar-refractivity contribution >= 4 is 27.1 Å². The van der Waals surface area contributed by atoms with Gasteiger partial charge in [-0.15, -0.1) is 0 Å². The van der Waals surface area contributed by atoms with Crippen molar-refractivity contribution in [1.29, 1.82) is 0 Å². The van der Waals surface area contributed by atoms with E-state index in [9.17, 15) is 0 Å². The molecule has 0 aliphatic carbocycles. The van der Waals surface area contributed by atoms with Gasteiger partial charge in [0.25, 0.3) is 0 Å². The van der Waals surface area contributed by atoms with Crippen LogP contribution in [0.1, 0.15) is 0 Å². The van der Waals surface area contributed by atoms with Crippen LogP contribution in [0.3, 0.4) is 0 Å². The number of hydrogen-bond acceptors (Lipinski definition) is 12. The predicted octanol–water partition coefficient (Wildman–Crippen LogP) is -15.4. The van der Waals surface area contributed by atoms with Crippen LogP contribution in [-0.2, 0) is 0 Å². The van der Waals surface area contributed by atoms with E-state index in [2.05, 4.69) is 0 Å². The van der Waals surface area contributed by atoms with Gasteiger partial charge in [-0.25, -0.2) is 0 Å². The molecular formula is Ce4O12Si3. The van der Waals surface area contributed by atoms with Crippen LogP contribution in [0.25, 0.3) is 0 Å². The van der Waals surface area contributed by atoms with Crippen molar-refractivity contribution in [2.24, 2.45) is 0 Å². The van der Waals surface area contributed by atoms with Crippen LogP contribution < -0.4 is 57.5 Å². The second-order valence-electron chi connectivity index (χ2n) is 1.50. The van der Waals surface area contributed by atoms with E-state index in [-0.39, 0.29) is 167 Å². The third-order valence-electron chi connectivity index (χ3n) is 0. The Morgan fingerprint density at radius 2 is 0.263 bits per heavy atom. The van der Waals surface area contributed by atoms with E-state index in [1.165, 1.54) is 0 Å². The van der Waals surface area contributed by atoms with E-state index < -0.39 is 27.1 Å². The van der Waals surface area contributed by atoms with Gasteiger partial charge in [-0.3, -0.25) is 0 Å². The molecule has 0 saturated carbocycles. The normalized spacial score (nSPS) is 9.47. The first-order valence-corrected chi connectivity index (χ1v) is 7.35. The second-order valence-corrected chi connectivity index (χ2v) is 4.50. The molecule has 0 atom stereocenters. The molecule has 0 unspecified atom stereocenters. The van der Waals surface area contributed by atoms with Gasteiger partial charge in [-0.1, -0.05) is 0 Å². The van der Waals surface area contributed by atoms with Crippen molar-refractivity contribution in [3.63, 3.8) is 0 Å². The summed E-state index contributed by atoms with van der Waals surface area (Å²) in [6.07, 6.45) is 0. The number of rotatable bonds is 0. The van der Waals surface area contributed by atoms with Gasteiger partial charge in [0, 0.05) is 0 Å². The molecule has 0 aromatic heterocycles. The molecule has 4 radical (unpaired) electrons. The molecule has 0 aliphatic rings. The molecule has 0 saturated heterocycles. The summed E-state index contributed by atoms with van der Waals surface area (Å²) >= 11 is 0. The van der Waals surface area contributed by atoms with Crippen LogP contribution in [0.15, 0.2) is 0 Å². The van der Waals surface area contributed by atoms with Crippen LogP contribution >= 0.6 is 0 Å². The Bertz CT molecular complexity index is 100.0. The van der Waals surface area contributed by atoms with E-state index in [1.807, 2.05) is 0 Å². The molecule has 12 nitrogen and oxygen atoms in total. The van der Waals surface area contributed by atoms with Gasteiger partial charge < -0.3 is 84.7 Å². The fraction of sp³-hybridized carbons (Fsp3) is 0. The summed E-state index contributed by atoms with van der Waals surface area (Å²) in [5, 5.41) is 0. The van der Waals surface area contributed by atoms with Crippen molar-refractivity contribution in [2.45, 2.75) is 0 Å². The molecule has 19 heavy (non-hydrogen) atoms. The van der Waals surface area contributed by atoms with E-state index in [4.69, 9.17) is 57.5 Å². The maximum Gasteiger partial charge on any atom is 3.00 e. The van der Waals surface area contributed by atoms with Crippen molar-refractivity contribution in [1.82, 2.24) is 0 Å². The van der Waals surface area contributed by atoms with Crippen LogP contribution in [0.5, 0.6) is 0 Å². The standard InChI is InChI=1S/4Ce.3O4Si/c;;;;3*1-5(2,3)4/q4*+3;3*-4. The quantitative estimate of drug-likeness (QED) is 0.206. The first kappa shape index (κ1) is 44.3. The fourth-order valence-corrected chi connectivity index (χ4v) is 0. The van der Waals surface area contributed by atoms with Crippen LogP contribution in [0, 0.1) is 167 Å².